The highest BCUT2D eigenvalue weighted by Gasteiger charge is 2.40. The van der Waals surface area contributed by atoms with E-state index in [-0.39, 0.29) is 10.6 Å². The summed E-state index contributed by atoms with van der Waals surface area (Å²) in [6.45, 7) is 6.44. The summed E-state index contributed by atoms with van der Waals surface area (Å²) in [6, 6.07) is 12.6. The Morgan fingerprint density at radius 2 is 1.73 bits per heavy atom. The molecule has 0 N–H and O–H groups in total. The summed E-state index contributed by atoms with van der Waals surface area (Å²) in [5, 5.41) is -0.0662. The van der Waals surface area contributed by atoms with Crippen LogP contribution in [0.25, 0.3) is 5.57 Å². The van der Waals surface area contributed by atoms with Gasteiger partial charge in [0, 0.05) is 0 Å². The number of aryl methyl sites for hydroxylation is 2. The number of ether oxygens (including phenoxy) is 1. The molecule has 5 heteroatoms. The van der Waals surface area contributed by atoms with Crippen molar-refractivity contribution in [1.29, 1.82) is 0 Å². The molecule has 2 aromatic carbocycles. The average molecular weight is 370 g/mol. The zero-order valence-electron chi connectivity index (χ0n) is 15.0. The van der Waals surface area contributed by atoms with Gasteiger partial charge >= 0.3 is 0 Å². The summed E-state index contributed by atoms with van der Waals surface area (Å²) in [6.07, 6.45) is 0.823. The van der Waals surface area contributed by atoms with E-state index in [1.54, 1.807) is 24.3 Å². The van der Waals surface area contributed by atoms with Gasteiger partial charge in [0.05, 0.1) is 17.9 Å². The lowest BCUT2D eigenvalue weighted by molar-refractivity contribution is -0.119. The molecule has 3 rings (SSSR count). The van der Waals surface area contributed by atoms with Crippen molar-refractivity contribution in [3.63, 3.8) is 0 Å². The molecule has 0 aliphatic carbocycles. The molecule has 0 aromatic heterocycles. The fraction of sp³-hybridized carbons (Fsp3) is 0.238. The minimum absolute atomic E-state index is 0.0662. The first-order chi connectivity index (χ1) is 12.5. The molecular formula is C21H20ClNO3. The summed E-state index contributed by atoms with van der Waals surface area (Å²) in [5.74, 6) is -0.477. The summed E-state index contributed by atoms with van der Waals surface area (Å²) < 4.78 is 5.70. The van der Waals surface area contributed by atoms with Crippen LogP contribution in [-0.4, -0.2) is 18.4 Å². The first kappa shape index (κ1) is 18.2. The number of amides is 2. The maximum atomic E-state index is 13.1. The van der Waals surface area contributed by atoms with E-state index in [1.807, 2.05) is 39.0 Å². The second-order valence-electron chi connectivity index (χ2n) is 6.25. The quantitative estimate of drug-likeness (QED) is 0.723. The van der Waals surface area contributed by atoms with E-state index >= 15 is 0 Å². The molecule has 26 heavy (non-hydrogen) atoms. The molecule has 4 nitrogen and oxygen atoms in total. The van der Waals surface area contributed by atoms with Gasteiger partial charge < -0.3 is 4.74 Å². The molecule has 134 valence electrons. The Labute approximate surface area is 158 Å². The molecule has 0 radical (unpaired) electrons. The monoisotopic (exact) mass is 369 g/mol. The predicted octanol–water partition coefficient (Wildman–Crippen LogP) is 4.62. The maximum absolute atomic E-state index is 13.1. The number of halogens is 1. The lowest BCUT2D eigenvalue weighted by Crippen LogP contribution is -2.31. The number of carbonyl (C=O) groups excluding carboxylic acids is 2. The van der Waals surface area contributed by atoms with Crippen LogP contribution in [0.3, 0.4) is 0 Å². The van der Waals surface area contributed by atoms with E-state index in [0.29, 0.717) is 23.6 Å². The van der Waals surface area contributed by atoms with Crippen LogP contribution >= 0.6 is 11.6 Å². The van der Waals surface area contributed by atoms with Crippen LogP contribution in [0.4, 0.5) is 5.69 Å². The van der Waals surface area contributed by atoms with E-state index in [0.717, 1.165) is 22.4 Å². The molecule has 0 unspecified atom stereocenters. The average Bonchev–Trinajstić information content (AvgIpc) is 2.85. The first-order valence-corrected chi connectivity index (χ1v) is 8.91. The topological polar surface area (TPSA) is 46.6 Å². The molecule has 1 aliphatic rings. The smallest absolute Gasteiger partial charge is 0.277 e. The largest absolute Gasteiger partial charge is 0.491 e. The van der Waals surface area contributed by atoms with Gasteiger partial charge in [0.15, 0.2) is 0 Å². The molecule has 0 spiro atoms. The molecule has 0 saturated heterocycles. The second-order valence-corrected chi connectivity index (χ2v) is 6.63. The third kappa shape index (κ3) is 3.13. The second kappa shape index (κ2) is 7.34. The van der Waals surface area contributed by atoms with Gasteiger partial charge in [0.2, 0.25) is 0 Å². The summed E-state index contributed by atoms with van der Waals surface area (Å²) in [7, 11) is 0. The van der Waals surface area contributed by atoms with E-state index in [1.165, 1.54) is 0 Å². The summed E-state index contributed by atoms with van der Waals surface area (Å²) in [5.41, 5.74) is 3.42. The Balaban J connectivity index is 2.03. The van der Waals surface area contributed by atoms with Gasteiger partial charge in [0.1, 0.15) is 10.8 Å². The van der Waals surface area contributed by atoms with Gasteiger partial charge in [-0.05, 0) is 49.1 Å². The highest BCUT2D eigenvalue weighted by molar-refractivity contribution is 6.60. The number of benzene rings is 2. The summed E-state index contributed by atoms with van der Waals surface area (Å²) in [4.78, 5) is 26.9. The number of carbonyl (C=O) groups is 2. The minimum Gasteiger partial charge on any atom is -0.491 e. The Morgan fingerprint density at radius 1 is 1.00 bits per heavy atom. The van der Waals surface area contributed by atoms with Crippen molar-refractivity contribution in [1.82, 2.24) is 0 Å². The van der Waals surface area contributed by atoms with E-state index in [4.69, 9.17) is 16.3 Å². The van der Waals surface area contributed by atoms with Crippen molar-refractivity contribution >= 4 is 34.7 Å². The van der Waals surface area contributed by atoms with Gasteiger partial charge in [-0.2, -0.15) is 0 Å². The van der Waals surface area contributed by atoms with Crippen molar-refractivity contribution in [3.05, 3.63) is 64.2 Å². The third-order valence-corrected chi connectivity index (χ3v) is 4.74. The number of hydrogen-bond donors (Lipinski definition) is 0. The molecule has 0 atom stereocenters. The Kier molecular flexibility index (Phi) is 5.14. The van der Waals surface area contributed by atoms with Crippen LogP contribution in [0, 0.1) is 13.8 Å². The van der Waals surface area contributed by atoms with Gasteiger partial charge in [-0.1, -0.05) is 48.9 Å². The SMILES string of the molecule is CCCOc1ccccc1N1C(=O)C(Cl)=C(c2ccc(C)c(C)c2)C1=O. The Hall–Kier alpha value is -2.59. The molecule has 1 aliphatic heterocycles. The standard InChI is InChI=1S/C21H20ClNO3/c1-4-11-26-17-8-6-5-7-16(17)23-20(24)18(19(22)21(23)25)15-10-9-13(2)14(3)12-15/h5-10,12H,4,11H2,1-3H3. The number of hydrogen-bond acceptors (Lipinski definition) is 3. The fourth-order valence-electron chi connectivity index (χ4n) is 2.84. The van der Waals surface area contributed by atoms with Crippen LogP contribution in [0.2, 0.25) is 0 Å². The lowest BCUT2D eigenvalue weighted by Gasteiger charge is -2.19. The minimum atomic E-state index is -0.530. The van der Waals surface area contributed by atoms with Gasteiger partial charge in [-0.25, -0.2) is 4.90 Å². The maximum Gasteiger partial charge on any atom is 0.277 e. The molecule has 0 fully saturated rings. The molecule has 0 bridgehead atoms. The number of para-hydroxylation sites is 2. The van der Waals surface area contributed by atoms with Crippen molar-refractivity contribution in [2.24, 2.45) is 0 Å². The van der Waals surface area contributed by atoms with Crippen molar-refractivity contribution in [2.45, 2.75) is 27.2 Å². The number of nitrogens with zero attached hydrogens (tertiary/aromatic N) is 1. The Bertz CT molecular complexity index is 917. The highest BCUT2D eigenvalue weighted by atomic mass is 35.5. The highest BCUT2D eigenvalue weighted by Crippen LogP contribution is 2.39. The zero-order valence-corrected chi connectivity index (χ0v) is 15.8. The number of imide groups is 1. The number of anilines is 1. The molecule has 1 heterocycles. The molecule has 2 aromatic rings. The van der Waals surface area contributed by atoms with Crippen LogP contribution in [0.1, 0.15) is 30.0 Å². The predicted molar refractivity (Wildman–Crippen MR) is 103 cm³/mol. The molecular weight excluding hydrogens is 350 g/mol. The number of rotatable bonds is 5. The van der Waals surface area contributed by atoms with Gasteiger partial charge in [0.25, 0.3) is 11.8 Å². The normalized spacial score (nSPS) is 14.4. The third-order valence-electron chi connectivity index (χ3n) is 4.39. The van der Waals surface area contributed by atoms with Crippen LogP contribution in [0.15, 0.2) is 47.5 Å². The van der Waals surface area contributed by atoms with E-state index in [2.05, 4.69) is 0 Å². The summed E-state index contributed by atoms with van der Waals surface area (Å²) >= 11 is 6.28. The van der Waals surface area contributed by atoms with Crippen LogP contribution < -0.4 is 9.64 Å². The van der Waals surface area contributed by atoms with Crippen LogP contribution in [0.5, 0.6) is 5.75 Å². The van der Waals surface area contributed by atoms with E-state index < -0.39 is 11.8 Å². The zero-order chi connectivity index (χ0) is 18.8. The lowest BCUT2D eigenvalue weighted by atomic mass is 10.0. The van der Waals surface area contributed by atoms with Crippen molar-refractivity contribution in [2.75, 3.05) is 11.5 Å². The Morgan fingerprint density at radius 3 is 2.42 bits per heavy atom. The van der Waals surface area contributed by atoms with Crippen molar-refractivity contribution in [3.8, 4) is 5.75 Å². The van der Waals surface area contributed by atoms with Crippen molar-refractivity contribution < 1.29 is 14.3 Å². The van der Waals surface area contributed by atoms with E-state index in [9.17, 15) is 9.59 Å². The molecule has 0 saturated carbocycles. The van der Waals surface area contributed by atoms with Gasteiger partial charge in [-0.3, -0.25) is 9.59 Å². The first-order valence-electron chi connectivity index (χ1n) is 8.53. The van der Waals surface area contributed by atoms with Gasteiger partial charge in [-0.15, -0.1) is 0 Å². The fourth-order valence-corrected chi connectivity index (χ4v) is 3.12. The molecule has 2 amide bonds. The van der Waals surface area contributed by atoms with Crippen LogP contribution in [-0.2, 0) is 9.59 Å².